The van der Waals surface area contributed by atoms with Crippen molar-refractivity contribution in [1.29, 1.82) is 0 Å². The predicted molar refractivity (Wildman–Crippen MR) is 88.3 cm³/mol. The molecule has 1 fully saturated rings. The standard InChI is InChI=1S/C16H27N3OS/c1-3-18(4-2)13-14-6-5-7-16(12-14)21(20)19-10-8-15(17)9-11-19/h5-7,12,15H,3-4,8-11,13,17H2,1-2H3. The molecule has 1 aliphatic heterocycles. The molecule has 1 aromatic rings. The van der Waals surface area contributed by atoms with Gasteiger partial charge < -0.3 is 5.73 Å². The van der Waals surface area contributed by atoms with Crippen molar-refractivity contribution in [2.75, 3.05) is 26.2 Å². The highest BCUT2D eigenvalue weighted by Crippen LogP contribution is 2.18. The molecule has 0 aromatic heterocycles. The van der Waals surface area contributed by atoms with Crippen LogP contribution in [0.4, 0.5) is 0 Å². The van der Waals surface area contributed by atoms with Gasteiger partial charge in [0.05, 0.1) is 4.90 Å². The molecule has 2 rings (SSSR count). The molecule has 0 aliphatic carbocycles. The monoisotopic (exact) mass is 309 g/mol. The second-order valence-corrected chi connectivity index (χ2v) is 7.11. The summed E-state index contributed by atoms with van der Waals surface area (Å²) in [6.07, 6.45) is 1.87. The molecule has 1 atom stereocenters. The lowest BCUT2D eigenvalue weighted by molar-refractivity contribution is 0.295. The molecule has 1 heterocycles. The van der Waals surface area contributed by atoms with E-state index in [1.807, 2.05) is 16.4 Å². The molecule has 0 saturated carbocycles. The number of piperidine rings is 1. The Kier molecular flexibility index (Phi) is 6.36. The lowest BCUT2D eigenvalue weighted by Crippen LogP contribution is -2.40. The number of rotatable bonds is 6. The van der Waals surface area contributed by atoms with Gasteiger partial charge in [0.25, 0.3) is 0 Å². The van der Waals surface area contributed by atoms with Crippen LogP contribution >= 0.6 is 0 Å². The molecule has 21 heavy (non-hydrogen) atoms. The van der Waals surface area contributed by atoms with Gasteiger partial charge in [0.15, 0.2) is 0 Å². The van der Waals surface area contributed by atoms with Crippen molar-refractivity contribution < 1.29 is 4.21 Å². The highest BCUT2D eigenvalue weighted by molar-refractivity contribution is 7.82. The molecule has 4 nitrogen and oxygen atoms in total. The average Bonchev–Trinajstić information content (AvgIpc) is 2.53. The van der Waals surface area contributed by atoms with E-state index in [1.165, 1.54) is 5.56 Å². The van der Waals surface area contributed by atoms with Crippen LogP contribution in [0.2, 0.25) is 0 Å². The minimum Gasteiger partial charge on any atom is -0.328 e. The molecule has 1 aliphatic rings. The molecular formula is C16H27N3OS. The highest BCUT2D eigenvalue weighted by Gasteiger charge is 2.21. The fourth-order valence-corrected chi connectivity index (χ4v) is 3.94. The van der Waals surface area contributed by atoms with Gasteiger partial charge in [0.1, 0.15) is 11.0 Å². The summed E-state index contributed by atoms with van der Waals surface area (Å²) in [5.74, 6) is 0. The Hall–Kier alpha value is -0.750. The summed E-state index contributed by atoms with van der Waals surface area (Å²) >= 11 is 0. The van der Waals surface area contributed by atoms with E-state index in [0.29, 0.717) is 0 Å². The largest absolute Gasteiger partial charge is 0.328 e. The number of hydrogen-bond acceptors (Lipinski definition) is 3. The lowest BCUT2D eigenvalue weighted by Gasteiger charge is -2.29. The van der Waals surface area contributed by atoms with Gasteiger partial charge in [-0.3, -0.25) is 4.90 Å². The first kappa shape index (κ1) is 16.6. The molecule has 1 aromatic carbocycles. The minimum atomic E-state index is -1.05. The third-order valence-corrected chi connectivity index (χ3v) is 5.63. The Balaban J connectivity index is 2.04. The van der Waals surface area contributed by atoms with E-state index in [2.05, 4.69) is 30.9 Å². The summed E-state index contributed by atoms with van der Waals surface area (Å²) in [5, 5.41) is 0. The molecule has 0 amide bonds. The van der Waals surface area contributed by atoms with Crippen molar-refractivity contribution in [3.8, 4) is 0 Å². The average molecular weight is 309 g/mol. The normalized spacial score (nSPS) is 19.0. The summed E-state index contributed by atoms with van der Waals surface area (Å²) in [4.78, 5) is 3.28. The number of hydrogen-bond donors (Lipinski definition) is 1. The molecule has 0 bridgehead atoms. The van der Waals surface area contributed by atoms with Crippen molar-refractivity contribution in [2.24, 2.45) is 5.73 Å². The molecule has 0 spiro atoms. The van der Waals surface area contributed by atoms with Crippen molar-refractivity contribution in [2.45, 2.75) is 44.2 Å². The van der Waals surface area contributed by atoms with E-state index < -0.39 is 11.0 Å². The molecule has 5 heteroatoms. The van der Waals surface area contributed by atoms with Crippen LogP contribution in [-0.2, 0) is 17.5 Å². The fraction of sp³-hybridized carbons (Fsp3) is 0.625. The number of nitrogens with two attached hydrogens (primary N) is 1. The van der Waals surface area contributed by atoms with Crippen LogP contribution < -0.4 is 5.73 Å². The molecule has 118 valence electrons. The lowest BCUT2D eigenvalue weighted by atomic mass is 10.1. The summed E-state index contributed by atoms with van der Waals surface area (Å²) in [7, 11) is -1.05. The van der Waals surface area contributed by atoms with Crippen LogP contribution in [0, 0.1) is 0 Å². The van der Waals surface area contributed by atoms with Gasteiger partial charge in [0, 0.05) is 25.7 Å². The van der Waals surface area contributed by atoms with E-state index in [1.54, 1.807) is 0 Å². The van der Waals surface area contributed by atoms with Gasteiger partial charge in [-0.05, 0) is 43.6 Å². The minimum absolute atomic E-state index is 0.271. The smallest absolute Gasteiger partial charge is 0.127 e. The zero-order valence-electron chi connectivity index (χ0n) is 13.1. The maximum Gasteiger partial charge on any atom is 0.127 e. The van der Waals surface area contributed by atoms with Crippen LogP contribution in [0.1, 0.15) is 32.3 Å². The van der Waals surface area contributed by atoms with Crippen LogP contribution in [0.15, 0.2) is 29.2 Å². The van der Waals surface area contributed by atoms with E-state index in [9.17, 15) is 4.21 Å². The molecular weight excluding hydrogens is 282 g/mol. The summed E-state index contributed by atoms with van der Waals surface area (Å²) in [5.41, 5.74) is 7.15. The maximum absolute atomic E-state index is 12.7. The number of nitrogens with zero attached hydrogens (tertiary/aromatic N) is 2. The Morgan fingerprint density at radius 3 is 2.57 bits per heavy atom. The van der Waals surface area contributed by atoms with Gasteiger partial charge in [-0.2, -0.15) is 0 Å². The summed E-state index contributed by atoms with van der Waals surface area (Å²) in [6, 6.07) is 8.46. The molecule has 1 saturated heterocycles. The first-order valence-corrected chi connectivity index (χ1v) is 8.98. The van der Waals surface area contributed by atoms with Crippen molar-refractivity contribution in [1.82, 2.24) is 9.21 Å². The Morgan fingerprint density at radius 1 is 1.29 bits per heavy atom. The second kappa shape index (κ2) is 8.03. The van der Waals surface area contributed by atoms with Crippen LogP contribution in [-0.4, -0.2) is 45.6 Å². The SMILES string of the molecule is CCN(CC)Cc1cccc(S(=O)N2CCC(N)CC2)c1. The maximum atomic E-state index is 12.7. The zero-order chi connectivity index (χ0) is 15.2. The van der Waals surface area contributed by atoms with Gasteiger partial charge in [0.2, 0.25) is 0 Å². The number of benzene rings is 1. The van der Waals surface area contributed by atoms with E-state index in [0.717, 1.165) is 50.5 Å². The van der Waals surface area contributed by atoms with Gasteiger partial charge >= 0.3 is 0 Å². The van der Waals surface area contributed by atoms with Crippen LogP contribution in [0.25, 0.3) is 0 Å². The van der Waals surface area contributed by atoms with Crippen LogP contribution in [0.3, 0.4) is 0 Å². The second-order valence-electron chi connectivity index (χ2n) is 5.62. The molecule has 1 unspecified atom stereocenters. The molecule has 0 radical (unpaired) electrons. The van der Waals surface area contributed by atoms with E-state index in [-0.39, 0.29) is 6.04 Å². The Labute approximate surface area is 130 Å². The highest BCUT2D eigenvalue weighted by atomic mass is 32.2. The third-order valence-electron chi connectivity index (χ3n) is 4.13. The third kappa shape index (κ3) is 4.61. The predicted octanol–water partition coefficient (Wildman–Crippen LogP) is 1.97. The van der Waals surface area contributed by atoms with Gasteiger partial charge in [-0.25, -0.2) is 8.51 Å². The Morgan fingerprint density at radius 2 is 1.95 bits per heavy atom. The summed E-state index contributed by atoms with van der Waals surface area (Å²) < 4.78 is 14.7. The van der Waals surface area contributed by atoms with Crippen LogP contribution in [0.5, 0.6) is 0 Å². The molecule has 2 N–H and O–H groups in total. The van der Waals surface area contributed by atoms with Crippen molar-refractivity contribution in [3.63, 3.8) is 0 Å². The fourth-order valence-electron chi connectivity index (χ4n) is 2.65. The zero-order valence-corrected chi connectivity index (χ0v) is 13.9. The van der Waals surface area contributed by atoms with Crippen molar-refractivity contribution in [3.05, 3.63) is 29.8 Å². The summed E-state index contributed by atoms with van der Waals surface area (Å²) in [6.45, 7) is 8.98. The first-order chi connectivity index (χ1) is 10.1. The van der Waals surface area contributed by atoms with E-state index in [4.69, 9.17) is 5.73 Å². The first-order valence-electron chi connectivity index (χ1n) is 7.87. The Bertz CT molecular complexity index is 468. The van der Waals surface area contributed by atoms with Gasteiger partial charge in [-0.15, -0.1) is 0 Å². The van der Waals surface area contributed by atoms with E-state index >= 15 is 0 Å². The topological polar surface area (TPSA) is 49.6 Å². The van der Waals surface area contributed by atoms with Crippen molar-refractivity contribution >= 4 is 11.0 Å². The van der Waals surface area contributed by atoms with Gasteiger partial charge in [-0.1, -0.05) is 26.0 Å². The quantitative estimate of drug-likeness (QED) is 0.874.